The Morgan fingerprint density at radius 3 is 2.59 bits per heavy atom. The molecule has 0 unspecified atom stereocenters. The van der Waals surface area contributed by atoms with Crippen LogP contribution in [0.15, 0.2) is 59.6 Å². The third kappa shape index (κ3) is 2.13. The zero-order valence-corrected chi connectivity index (χ0v) is 9.26. The molecule has 2 aromatic rings. The molecule has 0 spiro atoms. The predicted molar refractivity (Wildman–Crippen MR) is 69.1 cm³/mol. The van der Waals surface area contributed by atoms with Crippen molar-refractivity contribution in [2.45, 2.75) is 0 Å². The van der Waals surface area contributed by atoms with Crippen molar-refractivity contribution in [1.29, 1.82) is 0 Å². The minimum absolute atomic E-state index is 0.478. The normalized spacial score (nSPS) is 13.3. The second-order valence-electron chi connectivity index (χ2n) is 3.81. The quantitative estimate of drug-likeness (QED) is 0.806. The Balaban J connectivity index is 1.85. The molecule has 0 radical (unpaired) electrons. The van der Waals surface area contributed by atoms with E-state index in [9.17, 15) is 0 Å². The molecule has 1 aliphatic heterocycles. The SMILES string of the molecule is c1ccc(NC2=Nc3ccccc3OC2)cc1. The first kappa shape index (κ1) is 9.90. The number of rotatable bonds is 1. The average Bonchev–Trinajstić information content (AvgIpc) is 2.40. The maximum atomic E-state index is 5.61. The van der Waals surface area contributed by atoms with Crippen LogP contribution in [0.4, 0.5) is 11.4 Å². The van der Waals surface area contributed by atoms with Crippen LogP contribution in [0.3, 0.4) is 0 Å². The molecule has 0 aliphatic carbocycles. The summed E-state index contributed by atoms with van der Waals surface area (Å²) in [5, 5.41) is 3.25. The number of amidine groups is 1. The highest BCUT2D eigenvalue weighted by atomic mass is 16.5. The maximum absolute atomic E-state index is 5.61. The topological polar surface area (TPSA) is 33.6 Å². The number of hydrogen-bond acceptors (Lipinski definition) is 3. The van der Waals surface area contributed by atoms with E-state index in [1.807, 2.05) is 54.6 Å². The van der Waals surface area contributed by atoms with E-state index < -0.39 is 0 Å². The van der Waals surface area contributed by atoms with Crippen LogP contribution in [-0.2, 0) is 0 Å². The van der Waals surface area contributed by atoms with Crippen molar-refractivity contribution >= 4 is 17.2 Å². The van der Waals surface area contributed by atoms with Gasteiger partial charge in [-0.1, -0.05) is 30.3 Å². The van der Waals surface area contributed by atoms with Crippen molar-refractivity contribution in [3.63, 3.8) is 0 Å². The highest BCUT2D eigenvalue weighted by Gasteiger charge is 2.11. The number of para-hydroxylation sites is 3. The van der Waals surface area contributed by atoms with Gasteiger partial charge < -0.3 is 10.1 Å². The number of fused-ring (bicyclic) bond motifs is 1. The average molecular weight is 224 g/mol. The lowest BCUT2D eigenvalue weighted by molar-refractivity contribution is 0.372. The van der Waals surface area contributed by atoms with Crippen molar-refractivity contribution in [2.75, 3.05) is 11.9 Å². The van der Waals surface area contributed by atoms with Crippen LogP contribution < -0.4 is 10.1 Å². The Labute approximate surface area is 99.8 Å². The molecule has 0 atom stereocenters. The molecule has 17 heavy (non-hydrogen) atoms. The molecule has 0 saturated heterocycles. The standard InChI is InChI=1S/C14H12N2O/c1-2-6-11(7-3-1)15-14-10-17-13-9-5-4-8-12(13)16-14/h1-9H,10H2,(H,15,16). The van der Waals surface area contributed by atoms with Gasteiger partial charge in [-0.05, 0) is 24.3 Å². The Morgan fingerprint density at radius 2 is 1.71 bits per heavy atom. The summed E-state index contributed by atoms with van der Waals surface area (Å²) in [7, 11) is 0. The van der Waals surface area contributed by atoms with Crippen molar-refractivity contribution in [3.05, 3.63) is 54.6 Å². The van der Waals surface area contributed by atoms with Gasteiger partial charge in [0.25, 0.3) is 0 Å². The summed E-state index contributed by atoms with van der Waals surface area (Å²) in [6.45, 7) is 0.478. The summed E-state index contributed by atoms with van der Waals surface area (Å²) in [5.41, 5.74) is 1.89. The molecule has 1 aliphatic rings. The second kappa shape index (κ2) is 4.29. The largest absolute Gasteiger partial charge is 0.483 e. The van der Waals surface area contributed by atoms with Gasteiger partial charge in [0.1, 0.15) is 23.9 Å². The van der Waals surface area contributed by atoms with E-state index in [0.717, 1.165) is 23.0 Å². The smallest absolute Gasteiger partial charge is 0.146 e. The van der Waals surface area contributed by atoms with Crippen molar-refractivity contribution in [1.82, 2.24) is 0 Å². The van der Waals surface area contributed by atoms with Crippen LogP contribution in [-0.4, -0.2) is 12.4 Å². The van der Waals surface area contributed by atoms with Gasteiger partial charge in [0.15, 0.2) is 0 Å². The molecule has 0 aromatic heterocycles. The Bertz CT molecular complexity index is 549. The second-order valence-corrected chi connectivity index (χ2v) is 3.81. The first-order valence-corrected chi connectivity index (χ1v) is 5.53. The van der Waals surface area contributed by atoms with Crippen LogP contribution in [0.2, 0.25) is 0 Å². The van der Waals surface area contributed by atoms with Gasteiger partial charge in [0.05, 0.1) is 0 Å². The third-order valence-electron chi connectivity index (χ3n) is 2.55. The zero-order valence-electron chi connectivity index (χ0n) is 9.26. The summed E-state index contributed by atoms with van der Waals surface area (Å²) < 4.78 is 5.61. The van der Waals surface area contributed by atoms with Gasteiger partial charge in [-0.25, -0.2) is 4.99 Å². The molecule has 3 rings (SSSR count). The lowest BCUT2D eigenvalue weighted by Gasteiger charge is -2.17. The molecule has 2 aromatic carbocycles. The van der Waals surface area contributed by atoms with Crippen LogP contribution in [0.25, 0.3) is 0 Å². The van der Waals surface area contributed by atoms with Gasteiger partial charge in [-0.15, -0.1) is 0 Å². The predicted octanol–water partition coefficient (Wildman–Crippen LogP) is 3.22. The molecular formula is C14H12N2O. The summed E-state index contributed by atoms with van der Waals surface area (Å²) in [6.07, 6.45) is 0. The van der Waals surface area contributed by atoms with Crippen molar-refractivity contribution in [3.8, 4) is 5.75 Å². The van der Waals surface area contributed by atoms with Crippen molar-refractivity contribution in [2.24, 2.45) is 4.99 Å². The fourth-order valence-electron chi connectivity index (χ4n) is 1.75. The molecule has 0 bridgehead atoms. The highest BCUT2D eigenvalue weighted by molar-refractivity contribution is 5.99. The molecule has 3 heteroatoms. The van der Waals surface area contributed by atoms with E-state index in [0.29, 0.717) is 6.61 Å². The Kier molecular flexibility index (Phi) is 2.50. The fourth-order valence-corrected chi connectivity index (χ4v) is 1.75. The lowest BCUT2D eigenvalue weighted by Crippen LogP contribution is -2.22. The van der Waals surface area contributed by atoms with Crippen LogP contribution in [0.1, 0.15) is 0 Å². The number of benzene rings is 2. The first-order chi connectivity index (χ1) is 8.42. The first-order valence-electron chi connectivity index (χ1n) is 5.53. The van der Waals surface area contributed by atoms with Gasteiger partial charge in [0.2, 0.25) is 0 Å². The van der Waals surface area contributed by atoms with E-state index >= 15 is 0 Å². The van der Waals surface area contributed by atoms with Gasteiger partial charge in [-0.3, -0.25) is 0 Å². The monoisotopic (exact) mass is 224 g/mol. The number of anilines is 1. The van der Waals surface area contributed by atoms with Crippen LogP contribution >= 0.6 is 0 Å². The van der Waals surface area contributed by atoms with Gasteiger partial charge >= 0.3 is 0 Å². The van der Waals surface area contributed by atoms with E-state index in [1.54, 1.807) is 0 Å². The van der Waals surface area contributed by atoms with Crippen LogP contribution in [0, 0.1) is 0 Å². The van der Waals surface area contributed by atoms with E-state index in [2.05, 4.69) is 10.3 Å². The third-order valence-corrected chi connectivity index (χ3v) is 2.55. The zero-order chi connectivity index (χ0) is 11.5. The molecular weight excluding hydrogens is 212 g/mol. The Hall–Kier alpha value is -2.29. The number of hydrogen-bond donors (Lipinski definition) is 1. The highest BCUT2D eigenvalue weighted by Crippen LogP contribution is 2.29. The Morgan fingerprint density at radius 1 is 0.941 bits per heavy atom. The summed E-state index contributed by atoms with van der Waals surface area (Å²) in [4.78, 5) is 4.52. The van der Waals surface area contributed by atoms with E-state index in [4.69, 9.17) is 4.74 Å². The van der Waals surface area contributed by atoms with E-state index in [1.165, 1.54) is 0 Å². The minimum atomic E-state index is 0.478. The number of nitrogens with one attached hydrogen (secondary N) is 1. The molecule has 1 heterocycles. The number of ether oxygens (including phenoxy) is 1. The number of nitrogens with zero attached hydrogens (tertiary/aromatic N) is 1. The molecule has 0 saturated carbocycles. The summed E-state index contributed by atoms with van der Waals surface area (Å²) in [6, 6.07) is 17.7. The molecule has 3 nitrogen and oxygen atoms in total. The minimum Gasteiger partial charge on any atom is -0.483 e. The molecule has 84 valence electrons. The molecule has 0 amide bonds. The summed E-state index contributed by atoms with van der Waals surface area (Å²) in [5.74, 6) is 1.67. The van der Waals surface area contributed by atoms with E-state index in [-0.39, 0.29) is 0 Å². The number of aliphatic imine (C=N–C) groups is 1. The van der Waals surface area contributed by atoms with Gasteiger partial charge in [0, 0.05) is 5.69 Å². The lowest BCUT2D eigenvalue weighted by atomic mass is 10.2. The summed E-state index contributed by atoms with van der Waals surface area (Å²) >= 11 is 0. The van der Waals surface area contributed by atoms with Gasteiger partial charge in [-0.2, -0.15) is 0 Å². The van der Waals surface area contributed by atoms with Crippen molar-refractivity contribution < 1.29 is 4.74 Å². The van der Waals surface area contributed by atoms with Crippen LogP contribution in [0.5, 0.6) is 5.75 Å². The molecule has 0 fully saturated rings. The maximum Gasteiger partial charge on any atom is 0.146 e. The fraction of sp³-hybridized carbons (Fsp3) is 0.0714. The molecule has 1 N–H and O–H groups in total.